The van der Waals surface area contributed by atoms with Crippen molar-refractivity contribution in [1.82, 2.24) is 0 Å². The maximum absolute atomic E-state index is 13.3. The van der Waals surface area contributed by atoms with Crippen LogP contribution in [0.2, 0.25) is 0 Å². The summed E-state index contributed by atoms with van der Waals surface area (Å²) in [7, 11) is 0. The minimum absolute atomic E-state index is 0.126. The van der Waals surface area contributed by atoms with Crippen molar-refractivity contribution in [2.45, 2.75) is 31.7 Å². The van der Waals surface area contributed by atoms with Crippen molar-refractivity contribution in [1.29, 1.82) is 0 Å². The highest BCUT2D eigenvalue weighted by Gasteiger charge is 2.49. The maximum Gasteiger partial charge on any atom is 0.126 e. The Balaban J connectivity index is 2.09. The van der Waals surface area contributed by atoms with E-state index in [9.17, 15) is 4.39 Å². The number of nitrogens with two attached hydrogens (primary N) is 1. The third-order valence-corrected chi connectivity index (χ3v) is 3.25. The second-order valence-corrected chi connectivity index (χ2v) is 4.31. The molecule has 2 unspecified atom stereocenters. The first-order chi connectivity index (χ1) is 6.65. The van der Waals surface area contributed by atoms with Crippen LogP contribution in [0, 0.1) is 11.7 Å². The first-order valence-electron chi connectivity index (χ1n) is 5.18. The predicted molar refractivity (Wildman–Crippen MR) is 55.4 cm³/mol. The molecule has 1 aliphatic rings. The van der Waals surface area contributed by atoms with Gasteiger partial charge in [0.25, 0.3) is 0 Å². The molecular formula is C12H16FN. The molecule has 1 aromatic carbocycles. The van der Waals surface area contributed by atoms with E-state index in [2.05, 4.69) is 6.92 Å². The minimum atomic E-state index is -0.128. The lowest BCUT2D eigenvalue weighted by Crippen LogP contribution is -2.28. The van der Waals surface area contributed by atoms with Gasteiger partial charge in [-0.1, -0.05) is 31.5 Å². The fourth-order valence-electron chi connectivity index (χ4n) is 2.16. The van der Waals surface area contributed by atoms with Crippen LogP contribution in [-0.4, -0.2) is 5.54 Å². The number of benzene rings is 1. The highest BCUT2D eigenvalue weighted by Crippen LogP contribution is 2.45. The predicted octanol–water partition coefficient (Wildman–Crippen LogP) is 2.50. The zero-order chi connectivity index (χ0) is 10.2. The Morgan fingerprint density at radius 3 is 2.79 bits per heavy atom. The first kappa shape index (κ1) is 9.66. The lowest BCUT2D eigenvalue weighted by Gasteiger charge is -2.11. The van der Waals surface area contributed by atoms with E-state index in [0.29, 0.717) is 12.3 Å². The second kappa shape index (κ2) is 3.35. The van der Waals surface area contributed by atoms with Gasteiger partial charge in [0.15, 0.2) is 0 Å². The molecule has 2 atom stereocenters. The molecule has 2 rings (SSSR count). The standard InChI is InChI=1S/C12H16FN/c1-2-10-8-12(10,14)7-9-5-3-4-6-11(9)13/h3-6,10H,2,7-8,14H2,1H3. The molecule has 0 bridgehead atoms. The SMILES string of the molecule is CCC1CC1(N)Cc1ccccc1F. The van der Waals surface area contributed by atoms with Crippen molar-refractivity contribution in [2.75, 3.05) is 0 Å². The smallest absolute Gasteiger partial charge is 0.126 e. The van der Waals surface area contributed by atoms with Gasteiger partial charge >= 0.3 is 0 Å². The molecule has 14 heavy (non-hydrogen) atoms. The monoisotopic (exact) mass is 193 g/mol. The zero-order valence-corrected chi connectivity index (χ0v) is 8.46. The summed E-state index contributed by atoms with van der Waals surface area (Å²) in [5.41, 5.74) is 6.76. The molecule has 0 saturated heterocycles. The molecule has 1 saturated carbocycles. The Morgan fingerprint density at radius 1 is 1.50 bits per heavy atom. The van der Waals surface area contributed by atoms with Crippen LogP contribution in [0.5, 0.6) is 0 Å². The molecular weight excluding hydrogens is 177 g/mol. The Kier molecular flexibility index (Phi) is 2.31. The van der Waals surface area contributed by atoms with E-state index in [4.69, 9.17) is 5.73 Å². The molecule has 1 aliphatic carbocycles. The summed E-state index contributed by atoms with van der Waals surface area (Å²) in [6, 6.07) is 6.91. The Morgan fingerprint density at radius 2 is 2.21 bits per heavy atom. The van der Waals surface area contributed by atoms with Crippen LogP contribution < -0.4 is 5.73 Å². The number of halogens is 1. The van der Waals surface area contributed by atoms with E-state index >= 15 is 0 Å². The molecule has 2 N–H and O–H groups in total. The second-order valence-electron chi connectivity index (χ2n) is 4.31. The minimum Gasteiger partial charge on any atom is -0.325 e. The molecule has 0 aliphatic heterocycles. The third kappa shape index (κ3) is 1.67. The molecule has 0 spiro atoms. The van der Waals surface area contributed by atoms with Crippen molar-refractivity contribution >= 4 is 0 Å². The van der Waals surface area contributed by atoms with Gasteiger partial charge < -0.3 is 5.73 Å². The van der Waals surface area contributed by atoms with Crippen LogP contribution in [0.1, 0.15) is 25.3 Å². The van der Waals surface area contributed by atoms with E-state index in [-0.39, 0.29) is 11.4 Å². The van der Waals surface area contributed by atoms with Crippen LogP contribution in [0.3, 0.4) is 0 Å². The summed E-state index contributed by atoms with van der Waals surface area (Å²) in [4.78, 5) is 0. The van der Waals surface area contributed by atoms with Crippen LogP contribution >= 0.6 is 0 Å². The van der Waals surface area contributed by atoms with Crippen molar-refractivity contribution in [3.05, 3.63) is 35.6 Å². The average molecular weight is 193 g/mol. The van der Waals surface area contributed by atoms with Crippen LogP contribution in [0.4, 0.5) is 4.39 Å². The quantitative estimate of drug-likeness (QED) is 0.784. The molecule has 2 heteroatoms. The molecule has 1 nitrogen and oxygen atoms in total. The lowest BCUT2D eigenvalue weighted by molar-refractivity contribution is 0.547. The fourth-order valence-corrected chi connectivity index (χ4v) is 2.16. The lowest BCUT2D eigenvalue weighted by atomic mass is 10.0. The zero-order valence-electron chi connectivity index (χ0n) is 8.46. The Labute approximate surface area is 84.1 Å². The number of hydrogen-bond donors (Lipinski definition) is 1. The van der Waals surface area contributed by atoms with Gasteiger partial charge in [-0.05, 0) is 30.4 Å². The van der Waals surface area contributed by atoms with Gasteiger partial charge in [-0.3, -0.25) is 0 Å². The molecule has 0 aromatic heterocycles. The van der Waals surface area contributed by atoms with Gasteiger partial charge in [-0.25, -0.2) is 4.39 Å². The molecule has 76 valence electrons. The van der Waals surface area contributed by atoms with Gasteiger partial charge in [0.2, 0.25) is 0 Å². The van der Waals surface area contributed by atoms with E-state index in [1.54, 1.807) is 6.07 Å². The summed E-state index contributed by atoms with van der Waals surface area (Å²) in [5, 5.41) is 0. The van der Waals surface area contributed by atoms with Crippen molar-refractivity contribution in [2.24, 2.45) is 11.7 Å². The van der Waals surface area contributed by atoms with Gasteiger partial charge in [0, 0.05) is 5.54 Å². The van der Waals surface area contributed by atoms with Crippen LogP contribution in [0.25, 0.3) is 0 Å². The van der Waals surface area contributed by atoms with E-state index < -0.39 is 0 Å². The van der Waals surface area contributed by atoms with Crippen molar-refractivity contribution < 1.29 is 4.39 Å². The largest absolute Gasteiger partial charge is 0.325 e. The summed E-state index contributed by atoms with van der Waals surface area (Å²) in [5.74, 6) is 0.459. The summed E-state index contributed by atoms with van der Waals surface area (Å²) in [6.45, 7) is 2.14. The molecule has 0 amide bonds. The van der Waals surface area contributed by atoms with Crippen molar-refractivity contribution in [3.63, 3.8) is 0 Å². The van der Waals surface area contributed by atoms with Crippen LogP contribution in [-0.2, 0) is 6.42 Å². The van der Waals surface area contributed by atoms with Crippen LogP contribution in [0.15, 0.2) is 24.3 Å². The summed E-state index contributed by atoms with van der Waals surface area (Å²) < 4.78 is 13.3. The van der Waals surface area contributed by atoms with Crippen molar-refractivity contribution in [3.8, 4) is 0 Å². The molecule has 0 radical (unpaired) electrons. The summed E-state index contributed by atoms with van der Waals surface area (Å²) >= 11 is 0. The van der Waals surface area contributed by atoms with E-state index in [0.717, 1.165) is 18.4 Å². The highest BCUT2D eigenvalue weighted by atomic mass is 19.1. The fraction of sp³-hybridized carbons (Fsp3) is 0.500. The Hall–Kier alpha value is -0.890. The van der Waals surface area contributed by atoms with Gasteiger partial charge in [-0.15, -0.1) is 0 Å². The third-order valence-electron chi connectivity index (χ3n) is 3.25. The van der Waals surface area contributed by atoms with E-state index in [1.165, 1.54) is 6.07 Å². The average Bonchev–Trinajstić information content (AvgIpc) is 2.81. The van der Waals surface area contributed by atoms with Gasteiger partial charge in [-0.2, -0.15) is 0 Å². The van der Waals surface area contributed by atoms with Gasteiger partial charge in [0.05, 0.1) is 0 Å². The maximum atomic E-state index is 13.3. The molecule has 0 heterocycles. The van der Waals surface area contributed by atoms with E-state index in [1.807, 2.05) is 12.1 Å². The number of hydrogen-bond acceptors (Lipinski definition) is 1. The van der Waals surface area contributed by atoms with Gasteiger partial charge in [0.1, 0.15) is 5.82 Å². The molecule has 1 fully saturated rings. The summed E-state index contributed by atoms with van der Waals surface area (Å²) in [6.07, 6.45) is 2.82. The normalized spacial score (nSPS) is 30.4. The topological polar surface area (TPSA) is 26.0 Å². The first-order valence-corrected chi connectivity index (χ1v) is 5.18. The number of rotatable bonds is 3. The Bertz CT molecular complexity index is 337. The molecule has 1 aromatic rings. The highest BCUT2D eigenvalue weighted by molar-refractivity contribution is 5.24.